The number of aromatic nitrogens is 4. The van der Waals surface area contributed by atoms with Crippen LogP contribution in [0, 0.1) is 5.82 Å². The van der Waals surface area contributed by atoms with Crippen molar-refractivity contribution in [1.82, 2.24) is 20.2 Å². The summed E-state index contributed by atoms with van der Waals surface area (Å²) in [6.07, 6.45) is -4.93. The molecule has 3 N–H and O–H groups in total. The van der Waals surface area contributed by atoms with E-state index in [-0.39, 0.29) is 23.5 Å². The summed E-state index contributed by atoms with van der Waals surface area (Å²) >= 11 is 0. The first-order valence-corrected chi connectivity index (χ1v) is 10.6. The lowest BCUT2D eigenvalue weighted by atomic mass is 9.96. The maximum absolute atomic E-state index is 14.0. The van der Waals surface area contributed by atoms with E-state index in [1.54, 1.807) is 6.07 Å². The molecule has 1 unspecified atom stereocenters. The Labute approximate surface area is 179 Å². The summed E-state index contributed by atoms with van der Waals surface area (Å²) in [6.45, 7) is 0.941. The van der Waals surface area contributed by atoms with Gasteiger partial charge in [-0.15, -0.1) is 23.4 Å². The Bertz CT molecular complexity index is 1230. The van der Waals surface area contributed by atoms with E-state index >= 15 is 0 Å². The SMILES string of the molecule is CC(O)(CS(N)(=O)=O)c1cccc(-c2nnn(Cc3cc(OC(F)(F)F)ccc3F)n2)c1. The van der Waals surface area contributed by atoms with Gasteiger partial charge in [0.15, 0.2) is 0 Å². The highest BCUT2D eigenvalue weighted by Crippen LogP contribution is 2.27. The number of hydrogen-bond acceptors (Lipinski definition) is 7. The minimum Gasteiger partial charge on any atom is -0.406 e. The van der Waals surface area contributed by atoms with Crippen LogP contribution in [0.25, 0.3) is 11.4 Å². The molecule has 0 aliphatic carbocycles. The molecule has 0 amide bonds. The van der Waals surface area contributed by atoms with Gasteiger partial charge in [-0.3, -0.25) is 0 Å². The number of benzene rings is 2. The van der Waals surface area contributed by atoms with Gasteiger partial charge >= 0.3 is 6.36 Å². The molecule has 0 saturated carbocycles. The van der Waals surface area contributed by atoms with Crippen LogP contribution < -0.4 is 9.88 Å². The van der Waals surface area contributed by atoms with E-state index in [4.69, 9.17) is 5.14 Å². The first-order valence-electron chi connectivity index (χ1n) is 8.88. The van der Waals surface area contributed by atoms with Crippen molar-refractivity contribution in [2.24, 2.45) is 5.14 Å². The topological polar surface area (TPSA) is 133 Å². The highest BCUT2D eigenvalue weighted by Gasteiger charge is 2.31. The van der Waals surface area contributed by atoms with Crippen molar-refractivity contribution in [3.05, 3.63) is 59.4 Å². The number of nitrogens with zero attached hydrogens (tertiary/aromatic N) is 4. The highest BCUT2D eigenvalue weighted by molar-refractivity contribution is 7.89. The zero-order chi connectivity index (χ0) is 23.7. The van der Waals surface area contributed by atoms with Crippen LogP contribution in [-0.2, 0) is 22.2 Å². The van der Waals surface area contributed by atoms with Crippen LogP contribution >= 0.6 is 0 Å². The fraction of sp³-hybridized carbons (Fsp3) is 0.278. The average molecular weight is 475 g/mol. The number of halogens is 4. The maximum atomic E-state index is 14.0. The molecule has 9 nitrogen and oxygen atoms in total. The number of hydrogen-bond donors (Lipinski definition) is 2. The van der Waals surface area contributed by atoms with Gasteiger partial charge in [-0.1, -0.05) is 18.2 Å². The van der Waals surface area contributed by atoms with Crippen molar-refractivity contribution in [2.45, 2.75) is 25.4 Å². The molecule has 0 fully saturated rings. The summed E-state index contributed by atoms with van der Waals surface area (Å²) in [7, 11) is -3.97. The molecular formula is C18H17F4N5O4S. The fourth-order valence-electron chi connectivity index (χ4n) is 2.92. The molecular weight excluding hydrogens is 458 g/mol. The molecule has 0 saturated heterocycles. The van der Waals surface area contributed by atoms with Gasteiger partial charge in [-0.25, -0.2) is 17.9 Å². The summed E-state index contributed by atoms with van der Waals surface area (Å²) in [5.41, 5.74) is -1.37. The van der Waals surface area contributed by atoms with Crippen LogP contribution in [0.15, 0.2) is 42.5 Å². The van der Waals surface area contributed by atoms with Gasteiger partial charge in [-0.2, -0.15) is 4.80 Å². The lowest BCUT2D eigenvalue weighted by molar-refractivity contribution is -0.274. The lowest BCUT2D eigenvalue weighted by Gasteiger charge is -2.22. The van der Waals surface area contributed by atoms with Crippen molar-refractivity contribution in [2.75, 3.05) is 5.75 Å². The van der Waals surface area contributed by atoms with E-state index in [1.807, 2.05) is 0 Å². The Morgan fingerprint density at radius 3 is 2.56 bits per heavy atom. The minimum absolute atomic E-state index is 0.0568. The molecule has 0 aliphatic heterocycles. The third-order valence-corrected chi connectivity index (χ3v) is 5.20. The number of sulfonamides is 1. The van der Waals surface area contributed by atoms with Gasteiger partial charge in [0, 0.05) is 11.1 Å². The normalized spacial score (nSPS) is 14.2. The van der Waals surface area contributed by atoms with Crippen molar-refractivity contribution >= 4 is 10.0 Å². The van der Waals surface area contributed by atoms with Crippen molar-refractivity contribution in [3.63, 3.8) is 0 Å². The Kier molecular flexibility index (Phi) is 6.22. The van der Waals surface area contributed by atoms with Gasteiger partial charge < -0.3 is 9.84 Å². The van der Waals surface area contributed by atoms with Crippen molar-refractivity contribution in [3.8, 4) is 17.1 Å². The molecule has 3 rings (SSSR count). The molecule has 0 spiro atoms. The summed E-state index contributed by atoms with van der Waals surface area (Å²) in [5, 5.41) is 27.1. The molecule has 0 radical (unpaired) electrons. The summed E-state index contributed by atoms with van der Waals surface area (Å²) in [5.74, 6) is -2.06. The highest BCUT2D eigenvalue weighted by atomic mass is 32.2. The lowest BCUT2D eigenvalue weighted by Crippen LogP contribution is -2.34. The first kappa shape index (κ1) is 23.6. The van der Waals surface area contributed by atoms with E-state index < -0.39 is 39.3 Å². The van der Waals surface area contributed by atoms with E-state index in [0.717, 1.165) is 23.0 Å². The fourth-order valence-corrected chi connectivity index (χ4v) is 3.87. The Morgan fingerprint density at radius 2 is 1.91 bits per heavy atom. The maximum Gasteiger partial charge on any atom is 0.573 e. The molecule has 2 aromatic carbocycles. The van der Waals surface area contributed by atoms with E-state index in [0.29, 0.717) is 5.56 Å². The predicted molar refractivity (Wildman–Crippen MR) is 103 cm³/mol. The Balaban J connectivity index is 1.84. The van der Waals surface area contributed by atoms with Crippen LogP contribution in [0.2, 0.25) is 0 Å². The van der Waals surface area contributed by atoms with Gasteiger partial charge in [0.1, 0.15) is 17.2 Å². The van der Waals surface area contributed by atoms with Crippen LogP contribution in [0.1, 0.15) is 18.1 Å². The second kappa shape index (κ2) is 8.44. The van der Waals surface area contributed by atoms with Crippen molar-refractivity contribution in [1.29, 1.82) is 0 Å². The molecule has 1 heterocycles. The largest absolute Gasteiger partial charge is 0.573 e. The monoisotopic (exact) mass is 475 g/mol. The summed E-state index contributed by atoms with van der Waals surface area (Å²) < 4.78 is 77.7. The molecule has 3 aromatic rings. The third-order valence-electron chi connectivity index (χ3n) is 4.24. The van der Waals surface area contributed by atoms with E-state index in [2.05, 4.69) is 20.1 Å². The number of alkyl halides is 3. The molecule has 0 aliphatic rings. The van der Waals surface area contributed by atoms with Crippen LogP contribution in [0.4, 0.5) is 17.6 Å². The number of ether oxygens (including phenoxy) is 1. The molecule has 1 atom stereocenters. The Morgan fingerprint density at radius 1 is 1.19 bits per heavy atom. The second-order valence-electron chi connectivity index (χ2n) is 7.11. The predicted octanol–water partition coefficient (Wildman–Crippen LogP) is 1.92. The number of rotatable bonds is 7. The molecule has 1 aromatic heterocycles. The minimum atomic E-state index is -4.93. The third kappa shape index (κ3) is 6.21. The van der Waals surface area contributed by atoms with Crippen molar-refractivity contribution < 1.29 is 35.8 Å². The zero-order valence-electron chi connectivity index (χ0n) is 16.4. The molecule has 14 heteroatoms. The number of tetrazole rings is 1. The molecule has 172 valence electrons. The number of aliphatic hydroxyl groups is 1. The quantitative estimate of drug-likeness (QED) is 0.499. The van der Waals surface area contributed by atoms with Gasteiger partial charge in [0.2, 0.25) is 15.8 Å². The van der Waals surface area contributed by atoms with Gasteiger partial charge in [0.05, 0.1) is 12.3 Å². The second-order valence-corrected chi connectivity index (χ2v) is 8.72. The summed E-state index contributed by atoms with van der Waals surface area (Å²) in [6, 6.07) is 8.55. The standard InChI is InChI=1S/C18H17F4N5O4S/c1-17(28,10-32(23,29)30)13-4-2-3-11(7-13)16-24-26-27(25-16)9-12-8-14(5-6-15(12)19)31-18(20,21)22/h2-8,28H,9-10H2,1H3,(H2,23,29,30). The average Bonchev–Trinajstić information content (AvgIpc) is 3.10. The first-order chi connectivity index (χ1) is 14.7. The number of primary sulfonamides is 1. The van der Waals surface area contributed by atoms with Crippen LogP contribution in [-0.4, -0.2) is 45.8 Å². The van der Waals surface area contributed by atoms with E-state index in [1.165, 1.54) is 25.1 Å². The Hall–Kier alpha value is -3.10. The smallest absolute Gasteiger partial charge is 0.406 e. The molecule has 32 heavy (non-hydrogen) atoms. The zero-order valence-corrected chi connectivity index (χ0v) is 17.2. The van der Waals surface area contributed by atoms with E-state index in [9.17, 15) is 31.1 Å². The summed E-state index contributed by atoms with van der Waals surface area (Å²) in [4.78, 5) is 0.959. The number of nitrogens with two attached hydrogens (primary N) is 1. The molecule has 0 bridgehead atoms. The van der Waals surface area contributed by atoms with Crippen LogP contribution in [0.3, 0.4) is 0 Å². The van der Waals surface area contributed by atoms with Gasteiger partial charge in [0.25, 0.3) is 0 Å². The van der Waals surface area contributed by atoms with Gasteiger partial charge in [-0.05, 0) is 42.0 Å². The van der Waals surface area contributed by atoms with Crippen LogP contribution in [0.5, 0.6) is 5.75 Å².